The van der Waals surface area contributed by atoms with Crippen LogP contribution in [0.1, 0.15) is 55.6 Å². The Kier molecular flexibility index (Phi) is 5.94. The van der Waals surface area contributed by atoms with E-state index >= 15 is 0 Å². The number of carbonyl (C=O) groups is 3. The van der Waals surface area contributed by atoms with Gasteiger partial charge in [0.25, 0.3) is 0 Å². The van der Waals surface area contributed by atoms with E-state index in [2.05, 4.69) is 5.32 Å². The van der Waals surface area contributed by atoms with Gasteiger partial charge in [0.15, 0.2) is 0 Å². The van der Waals surface area contributed by atoms with Crippen LogP contribution in [0.3, 0.4) is 0 Å². The van der Waals surface area contributed by atoms with Gasteiger partial charge in [-0.1, -0.05) is 48.5 Å². The lowest BCUT2D eigenvalue weighted by Crippen LogP contribution is -2.50. The Balaban J connectivity index is 1.05. The van der Waals surface area contributed by atoms with Crippen molar-refractivity contribution in [2.24, 2.45) is 23.7 Å². The van der Waals surface area contributed by atoms with Crippen molar-refractivity contribution < 1.29 is 29.0 Å². The van der Waals surface area contributed by atoms with Gasteiger partial charge >= 0.3 is 18.0 Å². The van der Waals surface area contributed by atoms with Gasteiger partial charge in [-0.15, -0.1) is 0 Å². The quantitative estimate of drug-likeness (QED) is 0.545. The molecule has 5 aliphatic rings. The average molecular weight is 490 g/mol. The molecule has 188 valence electrons. The van der Waals surface area contributed by atoms with E-state index in [0.717, 1.165) is 59.8 Å². The summed E-state index contributed by atoms with van der Waals surface area (Å²) in [5, 5.41) is 12.0. The van der Waals surface area contributed by atoms with Crippen LogP contribution in [0.15, 0.2) is 48.5 Å². The minimum Gasteiger partial charge on any atom is -0.480 e. The molecule has 7 rings (SSSR count). The van der Waals surface area contributed by atoms with Gasteiger partial charge in [-0.05, 0) is 78.0 Å². The van der Waals surface area contributed by atoms with Gasteiger partial charge in [0.05, 0.1) is 6.42 Å². The second-order valence-corrected chi connectivity index (χ2v) is 11.0. The van der Waals surface area contributed by atoms with Crippen molar-refractivity contribution >= 4 is 18.0 Å². The number of hydrogen-bond donors (Lipinski definition) is 2. The molecule has 0 spiro atoms. The first-order valence-electron chi connectivity index (χ1n) is 13.0. The fraction of sp³-hybridized carbons (Fsp3) is 0.483. The maximum Gasteiger partial charge on any atom is 0.407 e. The lowest BCUT2D eigenvalue weighted by atomic mass is 9.55. The number of nitrogens with one attached hydrogen (secondary N) is 1. The summed E-state index contributed by atoms with van der Waals surface area (Å²) in [7, 11) is 0. The summed E-state index contributed by atoms with van der Waals surface area (Å²) in [5.41, 5.74) is 4.36. The minimum absolute atomic E-state index is 0.0738. The molecule has 2 aromatic carbocycles. The van der Waals surface area contributed by atoms with E-state index in [9.17, 15) is 19.5 Å². The van der Waals surface area contributed by atoms with Gasteiger partial charge < -0.3 is 19.9 Å². The Hall–Kier alpha value is -3.35. The second kappa shape index (κ2) is 9.26. The number of amides is 1. The van der Waals surface area contributed by atoms with E-state index in [1.807, 2.05) is 48.5 Å². The largest absolute Gasteiger partial charge is 0.480 e. The van der Waals surface area contributed by atoms with E-state index in [4.69, 9.17) is 9.47 Å². The third-order valence-electron chi connectivity index (χ3n) is 8.71. The molecule has 0 radical (unpaired) electrons. The number of esters is 1. The molecule has 1 atom stereocenters. The zero-order valence-corrected chi connectivity index (χ0v) is 20.1. The number of carbonyl (C=O) groups excluding carboxylic acids is 2. The smallest absolute Gasteiger partial charge is 0.407 e. The maximum atomic E-state index is 12.7. The maximum absolute atomic E-state index is 12.7. The van der Waals surface area contributed by atoms with E-state index in [1.54, 1.807) is 0 Å². The van der Waals surface area contributed by atoms with Crippen molar-refractivity contribution in [3.8, 4) is 11.1 Å². The summed E-state index contributed by atoms with van der Waals surface area (Å²) in [6, 6.07) is 14.6. The molecule has 4 fully saturated rings. The summed E-state index contributed by atoms with van der Waals surface area (Å²) >= 11 is 0. The third-order valence-corrected chi connectivity index (χ3v) is 8.71. The number of carboxylic acids is 1. The molecule has 1 amide bonds. The highest BCUT2D eigenvalue weighted by Gasteiger charge is 2.50. The van der Waals surface area contributed by atoms with Gasteiger partial charge in [0, 0.05) is 5.92 Å². The predicted octanol–water partition coefficient (Wildman–Crippen LogP) is 4.74. The molecule has 36 heavy (non-hydrogen) atoms. The highest BCUT2D eigenvalue weighted by atomic mass is 16.6. The summed E-state index contributed by atoms with van der Waals surface area (Å²) in [6.07, 6.45) is 4.33. The lowest BCUT2D eigenvalue weighted by molar-refractivity contribution is -0.172. The van der Waals surface area contributed by atoms with Crippen LogP contribution in [0.4, 0.5) is 4.79 Å². The Bertz CT molecular complexity index is 1120. The molecule has 0 aromatic heterocycles. The summed E-state index contributed by atoms with van der Waals surface area (Å²) in [4.78, 5) is 37.1. The molecule has 4 bridgehead atoms. The Morgan fingerprint density at radius 3 is 1.97 bits per heavy atom. The van der Waals surface area contributed by atoms with Crippen LogP contribution in [0, 0.1) is 23.7 Å². The van der Waals surface area contributed by atoms with Crippen molar-refractivity contribution in [1.29, 1.82) is 0 Å². The topological polar surface area (TPSA) is 102 Å². The molecule has 7 nitrogen and oxygen atoms in total. The van der Waals surface area contributed by atoms with Crippen LogP contribution in [-0.2, 0) is 19.1 Å². The first-order valence-corrected chi connectivity index (χ1v) is 13.0. The number of alkyl carbamates (subject to hydrolysis) is 1. The van der Waals surface area contributed by atoms with Crippen LogP contribution in [0.25, 0.3) is 11.1 Å². The molecule has 2 N–H and O–H groups in total. The zero-order valence-electron chi connectivity index (χ0n) is 20.1. The third kappa shape index (κ3) is 4.25. The molecule has 7 heteroatoms. The van der Waals surface area contributed by atoms with Crippen molar-refractivity contribution in [3.63, 3.8) is 0 Å². The number of ether oxygens (including phenoxy) is 2. The van der Waals surface area contributed by atoms with Crippen molar-refractivity contribution in [1.82, 2.24) is 5.32 Å². The Labute approximate surface area is 210 Å². The number of rotatable bonds is 7. The van der Waals surface area contributed by atoms with Gasteiger partial charge in [-0.3, -0.25) is 4.79 Å². The second-order valence-electron chi connectivity index (χ2n) is 11.0. The van der Waals surface area contributed by atoms with Gasteiger partial charge in [-0.2, -0.15) is 0 Å². The predicted molar refractivity (Wildman–Crippen MR) is 131 cm³/mol. The first kappa shape index (κ1) is 23.1. The van der Waals surface area contributed by atoms with Crippen LogP contribution >= 0.6 is 0 Å². The molecule has 5 aliphatic carbocycles. The van der Waals surface area contributed by atoms with Crippen LogP contribution < -0.4 is 5.32 Å². The van der Waals surface area contributed by atoms with E-state index in [-0.39, 0.29) is 18.6 Å². The number of fused-ring (bicyclic) bond motifs is 3. The zero-order chi connectivity index (χ0) is 24.8. The van der Waals surface area contributed by atoms with Gasteiger partial charge in [0.2, 0.25) is 0 Å². The fourth-order valence-corrected chi connectivity index (χ4v) is 7.42. The summed E-state index contributed by atoms with van der Waals surface area (Å²) in [5.74, 6) is 0.304. The molecule has 0 aliphatic heterocycles. The van der Waals surface area contributed by atoms with Gasteiger partial charge in [-0.25, -0.2) is 9.59 Å². The minimum atomic E-state index is -1.40. The highest BCUT2D eigenvalue weighted by Crippen LogP contribution is 2.54. The van der Waals surface area contributed by atoms with E-state index in [1.165, 1.54) is 6.42 Å². The molecular weight excluding hydrogens is 458 g/mol. The van der Waals surface area contributed by atoms with E-state index in [0.29, 0.717) is 11.8 Å². The van der Waals surface area contributed by atoms with Gasteiger partial charge in [0.1, 0.15) is 18.8 Å². The van der Waals surface area contributed by atoms with Crippen LogP contribution in [0.2, 0.25) is 0 Å². The normalized spacial score (nSPS) is 28.2. The highest BCUT2D eigenvalue weighted by molar-refractivity contribution is 5.85. The number of carboxylic acid groups (broad SMARTS) is 1. The van der Waals surface area contributed by atoms with Crippen LogP contribution in [0.5, 0.6) is 0 Å². The molecule has 0 saturated heterocycles. The Morgan fingerprint density at radius 2 is 1.42 bits per heavy atom. The molecule has 2 aromatic rings. The van der Waals surface area contributed by atoms with Crippen molar-refractivity contribution in [2.45, 2.75) is 56.6 Å². The number of aliphatic carboxylic acids is 1. The van der Waals surface area contributed by atoms with Crippen molar-refractivity contribution in [3.05, 3.63) is 59.7 Å². The summed E-state index contributed by atoms with van der Waals surface area (Å²) < 4.78 is 11.3. The monoisotopic (exact) mass is 489 g/mol. The molecule has 0 heterocycles. The SMILES string of the molecule is O=C(C[C@H](NC(=O)OCC1c2ccccc2-c2ccccc21)C(=O)O)OC1C2CC3CC(C2)CC1C3. The molecular formula is C29H31NO6. The lowest BCUT2D eigenvalue weighted by Gasteiger charge is -2.53. The van der Waals surface area contributed by atoms with Crippen molar-refractivity contribution in [2.75, 3.05) is 6.61 Å². The number of hydrogen-bond acceptors (Lipinski definition) is 5. The first-order chi connectivity index (χ1) is 17.5. The standard InChI is InChI=1S/C29H31NO6/c31-26(36-27-18-10-16-9-17(12-18)13-19(27)11-16)14-25(28(32)33)30-29(34)35-15-24-22-7-3-1-5-20(22)21-6-2-4-8-23(21)24/h1-8,16-19,24-25,27H,9-15H2,(H,30,34)(H,32,33)/t16?,17?,18?,19?,25-,27?/m0/s1. The van der Waals surface area contributed by atoms with Crippen LogP contribution in [-0.4, -0.2) is 41.9 Å². The number of benzene rings is 2. The average Bonchev–Trinajstić information content (AvgIpc) is 3.18. The fourth-order valence-electron chi connectivity index (χ4n) is 7.42. The molecule has 4 saturated carbocycles. The Morgan fingerprint density at radius 1 is 0.861 bits per heavy atom. The van der Waals surface area contributed by atoms with E-state index < -0.39 is 30.5 Å². The summed E-state index contributed by atoms with van der Waals surface area (Å²) in [6.45, 7) is 0.0738. The molecule has 0 unspecified atom stereocenters.